The smallest absolute Gasteiger partial charge is 0.181 e. The summed E-state index contributed by atoms with van der Waals surface area (Å²) >= 11 is 0. The maximum Gasteiger partial charge on any atom is 0.181 e. The quantitative estimate of drug-likeness (QED) is 0.680. The topological polar surface area (TPSA) is 99.3 Å². The third-order valence-electron chi connectivity index (χ3n) is 4.71. The molecule has 0 bridgehead atoms. The molecule has 0 amide bonds. The number of rotatable bonds is 3. The lowest BCUT2D eigenvalue weighted by Gasteiger charge is -2.26. The standard InChI is InChI=1S/C24H14N6/c25-13-17-7-1-4-10-20(17)22-16-30(23-12-6-3-9-19(23)15-27)29-24(28-22)21-11-5-2-8-18(21)14-26/h1-12H,16H2. The van der Waals surface area contributed by atoms with E-state index in [2.05, 4.69) is 23.3 Å². The Bertz CT molecular complexity index is 1310. The highest BCUT2D eigenvalue weighted by Gasteiger charge is 2.23. The van der Waals surface area contributed by atoms with E-state index in [9.17, 15) is 15.8 Å². The van der Waals surface area contributed by atoms with Crippen LogP contribution in [0.3, 0.4) is 0 Å². The fraction of sp³-hybridized carbons (Fsp3) is 0.0417. The van der Waals surface area contributed by atoms with Gasteiger partial charge in [-0.25, -0.2) is 4.99 Å². The van der Waals surface area contributed by atoms with Crippen molar-refractivity contribution in [2.24, 2.45) is 10.1 Å². The molecule has 0 saturated carbocycles. The number of anilines is 1. The van der Waals surface area contributed by atoms with Crippen molar-refractivity contribution in [1.82, 2.24) is 0 Å². The summed E-state index contributed by atoms with van der Waals surface area (Å²) in [5.74, 6) is 0.355. The Morgan fingerprint density at radius 3 is 1.87 bits per heavy atom. The van der Waals surface area contributed by atoms with Crippen LogP contribution < -0.4 is 5.01 Å². The van der Waals surface area contributed by atoms with Gasteiger partial charge in [-0.15, -0.1) is 0 Å². The minimum atomic E-state index is 0.287. The Balaban J connectivity index is 1.92. The van der Waals surface area contributed by atoms with Gasteiger partial charge in [0.05, 0.1) is 46.8 Å². The summed E-state index contributed by atoms with van der Waals surface area (Å²) in [6, 6.07) is 28.1. The van der Waals surface area contributed by atoms with E-state index in [-0.39, 0.29) is 6.54 Å². The van der Waals surface area contributed by atoms with E-state index in [1.807, 2.05) is 30.3 Å². The van der Waals surface area contributed by atoms with E-state index in [1.54, 1.807) is 47.5 Å². The molecular weight excluding hydrogens is 372 g/mol. The van der Waals surface area contributed by atoms with E-state index in [4.69, 9.17) is 4.99 Å². The summed E-state index contributed by atoms with van der Waals surface area (Å²) in [6.07, 6.45) is 0. The minimum Gasteiger partial charge on any atom is -0.256 e. The number of aliphatic imine (C=N–C) groups is 1. The first kappa shape index (κ1) is 18.6. The van der Waals surface area contributed by atoms with Crippen LogP contribution in [-0.4, -0.2) is 18.1 Å². The molecule has 0 fully saturated rings. The number of para-hydroxylation sites is 1. The van der Waals surface area contributed by atoms with Crippen molar-refractivity contribution in [3.05, 3.63) is 101 Å². The minimum absolute atomic E-state index is 0.287. The Morgan fingerprint density at radius 2 is 1.20 bits per heavy atom. The van der Waals surface area contributed by atoms with Gasteiger partial charge in [-0.05, 0) is 30.3 Å². The van der Waals surface area contributed by atoms with Gasteiger partial charge in [0.25, 0.3) is 0 Å². The Kier molecular flexibility index (Phi) is 5.03. The summed E-state index contributed by atoms with van der Waals surface area (Å²) in [4.78, 5) is 4.71. The van der Waals surface area contributed by atoms with E-state index in [0.717, 1.165) is 0 Å². The van der Waals surface area contributed by atoms with Gasteiger partial charge in [-0.1, -0.05) is 42.5 Å². The van der Waals surface area contributed by atoms with Crippen LogP contribution in [0.25, 0.3) is 0 Å². The second-order valence-electron chi connectivity index (χ2n) is 6.48. The van der Waals surface area contributed by atoms with Crippen molar-refractivity contribution in [3.63, 3.8) is 0 Å². The molecule has 6 heteroatoms. The zero-order chi connectivity index (χ0) is 20.9. The number of hydrazone groups is 1. The van der Waals surface area contributed by atoms with E-state index >= 15 is 0 Å². The van der Waals surface area contributed by atoms with Crippen molar-refractivity contribution < 1.29 is 0 Å². The summed E-state index contributed by atoms with van der Waals surface area (Å²) in [5, 5.41) is 34.9. The molecule has 0 spiro atoms. The first-order valence-corrected chi connectivity index (χ1v) is 9.17. The molecule has 1 aliphatic heterocycles. The molecular formula is C24H14N6. The number of hydrogen-bond donors (Lipinski definition) is 0. The van der Waals surface area contributed by atoms with Crippen molar-refractivity contribution >= 4 is 17.2 Å². The number of amidine groups is 1. The first-order chi connectivity index (χ1) is 14.7. The number of benzene rings is 3. The Labute approximate surface area is 173 Å². The lowest BCUT2D eigenvalue weighted by molar-refractivity contribution is 0.939. The van der Waals surface area contributed by atoms with Crippen molar-refractivity contribution in [2.75, 3.05) is 11.6 Å². The van der Waals surface area contributed by atoms with Crippen LogP contribution >= 0.6 is 0 Å². The molecule has 0 radical (unpaired) electrons. The average Bonchev–Trinajstić information content (AvgIpc) is 2.83. The Hall–Kier alpha value is -4.73. The summed E-state index contributed by atoms with van der Waals surface area (Å²) in [7, 11) is 0. The molecule has 0 aromatic heterocycles. The summed E-state index contributed by atoms with van der Waals surface area (Å²) in [6.45, 7) is 0.287. The fourth-order valence-corrected chi connectivity index (χ4v) is 3.28. The lowest BCUT2D eigenvalue weighted by Crippen LogP contribution is -2.33. The molecule has 3 aromatic carbocycles. The van der Waals surface area contributed by atoms with Crippen LogP contribution in [0, 0.1) is 34.0 Å². The van der Waals surface area contributed by atoms with E-state index < -0.39 is 0 Å². The molecule has 1 heterocycles. The highest BCUT2D eigenvalue weighted by Crippen LogP contribution is 2.25. The third kappa shape index (κ3) is 3.40. The van der Waals surface area contributed by atoms with E-state index in [1.165, 1.54) is 0 Å². The number of hydrogen-bond acceptors (Lipinski definition) is 6. The van der Waals surface area contributed by atoms with Crippen LogP contribution in [-0.2, 0) is 0 Å². The van der Waals surface area contributed by atoms with Gasteiger partial charge < -0.3 is 0 Å². The molecule has 0 unspecified atom stereocenters. The van der Waals surface area contributed by atoms with Crippen LogP contribution in [0.1, 0.15) is 27.8 Å². The van der Waals surface area contributed by atoms with Crippen molar-refractivity contribution in [3.8, 4) is 18.2 Å². The predicted molar refractivity (Wildman–Crippen MR) is 114 cm³/mol. The van der Waals surface area contributed by atoms with Gasteiger partial charge in [0.1, 0.15) is 6.07 Å². The summed E-state index contributed by atoms with van der Waals surface area (Å²) < 4.78 is 0. The molecule has 4 rings (SSSR count). The molecule has 0 aliphatic carbocycles. The van der Waals surface area contributed by atoms with Crippen molar-refractivity contribution in [2.45, 2.75) is 0 Å². The SMILES string of the molecule is N#Cc1ccccc1C1=NC(c2ccccc2C#N)=NN(c2ccccc2C#N)C1. The second-order valence-corrected chi connectivity index (χ2v) is 6.48. The highest BCUT2D eigenvalue weighted by molar-refractivity contribution is 6.17. The van der Waals surface area contributed by atoms with Crippen molar-refractivity contribution in [1.29, 1.82) is 15.8 Å². The lowest BCUT2D eigenvalue weighted by atomic mass is 10.0. The maximum atomic E-state index is 9.54. The molecule has 6 nitrogen and oxygen atoms in total. The molecule has 0 atom stereocenters. The highest BCUT2D eigenvalue weighted by atomic mass is 15.5. The normalized spacial score (nSPS) is 12.8. The average molecular weight is 386 g/mol. The van der Waals surface area contributed by atoms with Gasteiger partial charge in [-0.2, -0.15) is 20.9 Å². The number of nitriles is 3. The zero-order valence-corrected chi connectivity index (χ0v) is 15.8. The maximum absolute atomic E-state index is 9.54. The van der Waals surface area contributed by atoms with Gasteiger partial charge >= 0.3 is 0 Å². The monoisotopic (exact) mass is 386 g/mol. The molecule has 0 N–H and O–H groups in total. The van der Waals surface area contributed by atoms with Crippen LogP contribution in [0.4, 0.5) is 5.69 Å². The molecule has 0 saturated heterocycles. The fourth-order valence-electron chi connectivity index (χ4n) is 3.28. The first-order valence-electron chi connectivity index (χ1n) is 9.17. The number of nitrogens with zero attached hydrogens (tertiary/aromatic N) is 6. The molecule has 1 aliphatic rings. The molecule has 3 aromatic rings. The second kappa shape index (κ2) is 8.10. The van der Waals surface area contributed by atoms with Gasteiger partial charge in [-0.3, -0.25) is 5.01 Å². The molecule has 30 heavy (non-hydrogen) atoms. The Morgan fingerprint density at radius 1 is 0.667 bits per heavy atom. The third-order valence-corrected chi connectivity index (χ3v) is 4.71. The largest absolute Gasteiger partial charge is 0.256 e. The van der Waals surface area contributed by atoms with Crippen LogP contribution in [0.5, 0.6) is 0 Å². The zero-order valence-electron chi connectivity index (χ0n) is 15.8. The van der Waals surface area contributed by atoms with E-state index in [0.29, 0.717) is 45.1 Å². The van der Waals surface area contributed by atoms with Gasteiger partial charge in [0.2, 0.25) is 0 Å². The van der Waals surface area contributed by atoms with Gasteiger partial charge in [0.15, 0.2) is 5.84 Å². The summed E-state index contributed by atoms with van der Waals surface area (Å²) in [5.41, 5.74) is 3.98. The van der Waals surface area contributed by atoms with Crippen LogP contribution in [0.2, 0.25) is 0 Å². The van der Waals surface area contributed by atoms with Crippen LogP contribution in [0.15, 0.2) is 82.9 Å². The molecule has 140 valence electrons. The predicted octanol–water partition coefficient (Wildman–Crippen LogP) is 3.97. The van der Waals surface area contributed by atoms with Gasteiger partial charge in [0, 0.05) is 11.1 Å².